The molecule has 0 aliphatic carbocycles. The van der Waals surface area contributed by atoms with E-state index in [0.717, 1.165) is 90.3 Å². The van der Waals surface area contributed by atoms with Gasteiger partial charge in [-0.15, -0.1) is 0 Å². The molecule has 0 rings (SSSR count). The van der Waals surface area contributed by atoms with Crippen molar-refractivity contribution < 1.29 is 19.1 Å². The molecule has 0 spiro atoms. The summed E-state index contributed by atoms with van der Waals surface area (Å²) in [6, 6.07) is 0. The van der Waals surface area contributed by atoms with Crippen LogP contribution in [0.3, 0.4) is 0 Å². The molecule has 5 heteroatoms. The Hall–Kier alpha value is -1.10. The Balaban J connectivity index is 4.20. The van der Waals surface area contributed by atoms with E-state index in [4.69, 9.17) is 9.47 Å². The standard InChI is InChI=1S/C43H85NO4/c1-6-11-14-17-20-25-32-40(10-5)47-42(45)35-28-23-30-38-44(37-9-4)39-31-24-29-36-43(46)48-41(33-26-21-18-15-12-7-2)34-27-22-19-16-13-8-3/h40-41H,6-39H2,1-5H3. The van der Waals surface area contributed by atoms with Gasteiger partial charge in [0, 0.05) is 12.8 Å². The van der Waals surface area contributed by atoms with E-state index in [9.17, 15) is 9.59 Å². The minimum atomic E-state index is -0.00656. The van der Waals surface area contributed by atoms with E-state index in [1.165, 1.54) is 116 Å². The number of nitrogens with zero attached hydrogens (tertiary/aromatic N) is 1. The summed E-state index contributed by atoms with van der Waals surface area (Å²) in [4.78, 5) is 27.7. The molecule has 0 saturated carbocycles. The first-order valence-corrected chi connectivity index (χ1v) is 21.6. The van der Waals surface area contributed by atoms with Gasteiger partial charge in [0.2, 0.25) is 0 Å². The lowest BCUT2D eigenvalue weighted by molar-refractivity contribution is -0.150. The quantitative estimate of drug-likeness (QED) is 0.0480. The van der Waals surface area contributed by atoms with Gasteiger partial charge in [-0.2, -0.15) is 0 Å². The second-order valence-corrected chi connectivity index (χ2v) is 14.8. The van der Waals surface area contributed by atoms with Crippen LogP contribution in [-0.2, 0) is 19.1 Å². The van der Waals surface area contributed by atoms with Gasteiger partial charge < -0.3 is 14.4 Å². The van der Waals surface area contributed by atoms with E-state index in [1.54, 1.807) is 0 Å². The van der Waals surface area contributed by atoms with E-state index in [1.807, 2.05) is 0 Å². The molecule has 286 valence electrons. The monoisotopic (exact) mass is 680 g/mol. The van der Waals surface area contributed by atoms with Gasteiger partial charge >= 0.3 is 11.9 Å². The summed E-state index contributed by atoms with van der Waals surface area (Å²) < 4.78 is 11.8. The van der Waals surface area contributed by atoms with E-state index in [0.29, 0.717) is 12.8 Å². The van der Waals surface area contributed by atoms with Crippen molar-refractivity contribution in [3.8, 4) is 0 Å². The SMILES string of the molecule is CCCCCCCCC(CC)OC(=O)CCCCCN(CCC)CCCCCC(=O)OC(CCCCCCCC)CCCCCCCC. The fourth-order valence-corrected chi connectivity index (χ4v) is 6.77. The highest BCUT2D eigenvalue weighted by Gasteiger charge is 2.15. The number of rotatable bonds is 38. The van der Waals surface area contributed by atoms with Gasteiger partial charge in [-0.25, -0.2) is 0 Å². The molecule has 0 fully saturated rings. The first kappa shape index (κ1) is 46.9. The van der Waals surface area contributed by atoms with Crippen LogP contribution in [0.2, 0.25) is 0 Å². The Morgan fingerprint density at radius 1 is 0.396 bits per heavy atom. The lowest BCUT2D eigenvalue weighted by Crippen LogP contribution is -2.27. The molecule has 0 saturated heterocycles. The number of hydrogen-bond donors (Lipinski definition) is 0. The van der Waals surface area contributed by atoms with E-state index in [2.05, 4.69) is 39.5 Å². The predicted molar refractivity (Wildman–Crippen MR) is 208 cm³/mol. The highest BCUT2D eigenvalue weighted by Crippen LogP contribution is 2.19. The Morgan fingerprint density at radius 3 is 1.15 bits per heavy atom. The minimum Gasteiger partial charge on any atom is -0.462 e. The molecule has 0 heterocycles. The number of ether oxygens (including phenoxy) is 2. The van der Waals surface area contributed by atoms with Crippen molar-refractivity contribution in [3.05, 3.63) is 0 Å². The zero-order chi connectivity index (χ0) is 35.3. The van der Waals surface area contributed by atoms with Crippen LogP contribution < -0.4 is 0 Å². The van der Waals surface area contributed by atoms with Crippen LogP contribution in [0.1, 0.15) is 234 Å². The molecule has 0 aromatic heterocycles. The molecule has 1 unspecified atom stereocenters. The van der Waals surface area contributed by atoms with Crippen LogP contribution in [0, 0.1) is 0 Å². The normalized spacial score (nSPS) is 12.2. The fraction of sp³-hybridized carbons (Fsp3) is 0.953. The Labute approximate surface area is 300 Å². The summed E-state index contributed by atoms with van der Waals surface area (Å²) in [5.41, 5.74) is 0. The van der Waals surface area contributed by atoms with Crippen LogP contribution in [0.25, 0.3) is 0 Å². The third kappa shape index (κ3) is 32.1. The third-order valence-electron chi connectivity index (χ3n) is 9.94. The maximum atomic E-state index is 12.8. The molecule has 0 aliphatic heterocycles. The maximum Gasteiger partial charge on any atom is 0.306 e. The van der Waals surface area contributed by atoms with Gasteiger partial charge in [-0.1, -0.05) is 144 Å². The first-order valence-electron chi connectivity index (χ1n) is 21.6. The van der Waals surface area contributed by atoms with Crippen molar-refractivity contribution in [2.45, 2.75) is 246 Å². The molecule has 0 aromatic rings. The summed E-state index contributed by atoms with van der Waals surface area (Å²) in [6.07, 6.45) is 35.9. The maximum absolute atomic E-state index is 12.8. The molecule has 5 nitrogen and oxygen atoms in total. The zero-order valence-electron chi connectivity index (χ0n) is 33.3. The molecule has 0 amide bonds. The summed E-state index contributed by atoms with van der Waals surface area (Å²) in [6.45, 7) is 14.5. The number of esters is 2. The van der Waals surface area contributed by atoms with Crippen molar-refractivity contribution in [2.75, 3.05) is 19.6 Å². The zero-order valence-corrected chi connectivity index (χ0v) is 33.3. The van der Waals surface area contributed by atoms with Crippen molar-refractivity contribution in [1.29, 1.82) is 0 Å². The molecule has 1 atom stereocenters. The van der Waals surface area contributed by atoms with Crippen LogP contribution in [0.15, 0.2) is 0 Å². The van der Waals surface area contributed by atoms with E-state index >= 15 is 0 Å². The number of carbonyl (C=O) groups is 2. The summed E-state index contributed by atoms with van der Waals surface area (Å²) in [5, 5.41) is 0. The third-order valence-corrected chi connectivity index (χ3v) is 9.94. The predicted octanol–water partition coefficient (Wildman–Crippen LogP) is 13.3. The molecule has 0 N–H and O–H groups in total. The number of unbranched alkanes of at least 4 members (excludes halogenated alkanes) is 19. The average molecular weight is 680 g/mol. The van der Waals surface area contributed by atoms with Crippen LogP contribution in [0.5, 0.6) is 0 Å². The van der Waals surface area contributed by atoms with Crippen LogP contribution in [0.4, 0.5) is 0 Å². The smallest absolute Gasteiger partial charge is 0.306 e. The fourth-order valence-electron chi connectivity index (χ4n) is 6.77. The van der Waals surface area contributed by atoms with Crippen LogP contribution in [-0.4, -0.2) is 48.7 Å². The minimum absolute atomic E-state index is 0.00656. The van der Waals surface area contributed by atoms with E-state index < -0.39 is 0 Å². The van der Waals surface area contributed by atoms with Gasteiger partial charge in [0.25, 0.3) is 0 Å². The van der Waals surface area contributed by atoms with Crippen molar-refractivity contribution in [1.82, 2.24) is 4.90 Å². The average Bonchev–Trinajstić information content (AvgIpc) is 3.08. The number of hydrogen-bond acceptors (Lipinski definition) is 5. The summed E-state index contributed by atoms with van der Waals surface area (Å²) in [5.74, 6) is 0.0153. The Bertz CT molecular complexity index is 668. The molecule has 0 aliphatic rings. The largest absolute Gasteiger partial charge is 0.462 e. The molecule has 0 aromatic carbocycles. The van der Waals surface area contributed by atoms with Gasteiger partial charge in [0.1, 0.15) is 12.2 Å². The lowest BCUT2D eigenvalue weighted by atomic mass is 10.0. The van der Waals surface area contributed by atoms with Gasteiger partial charge in [-0.05, 0) is 96.7 Å². The number of carbonyl (C=O) groups excluding carboxylic acids is 2. The molecule has 0 bridgehead atoms. The van der Waals surface area contributed by atoms with Gasteiger partial charge in [0.05, 0.1) is 0 Å². The first-order chi connectivity index (χ1) is 23.5. The van der Waals surface area contributed by atoms with Crippen molar-refractivity contribution in [2.24, 2.45) is 0 Å². The molecule has 0 radical (unpaired) electrons. The topological polar surface area (TPSA) is 55.8 Å². The van der Waals surface area contributed by atoms with Crippen molar-refractivity contribution >= 4 is 11.9 Å². The highest BCUT2D eigenvalue weighted by molar-refractivity contribution is 5.69. The highest BCUT2D eigenvalue weighted by atomic mass is 16.5. The lowest BCUT2D eigenvalue weighted by Gasteiger charge is -2.21. The molecule has 48 heavy (non-hydrogen) atoms. The Kier molecular flexibility index (Phi) is 36.3. The van der Waals surface area contributed by atoms with Crippen LogP contribution >= 0.6 is 0 Å². The van der Waals surface area contributed by atoms with E-state index in [-0.39, 0.29) is 24.1 Å². The van der Waals surface area contributed by atoms with Gasteiger partial charge in [0.15, 0.2) is 0 Å². The van der Waals surface area contributed by atoms with Gasteiger partial charge in [-0.3, -0.25) is 9.59 Å². The summed E-state index contributed by atoms with van der Waals surface area (Å²) in [7, 11) is 0. The molecular formula is C43H85NO4. The van der Waals surface area contributed by atoms with Crippen molar-refractivity contribution in [3.63, 3.8) is 0 Å². The second kappa shape index (κ2) is 37.2. The second-order valence-electron chi connectivity index (χ2n) is 14.8. The summed E-state index contributed by atoms with van der Waals surface area (Å²) >= 11 is 0. The molecular weight excluding hydrogens is 594 g/mol. The Morgan fingerprint density at radius 2 is 0.750 bits per heavy atom.